The molecule has 0 radical (unpaired) electrons. The van der Waals surface area contributed by atoms with Crippen LogP contribution in [0.4, 0.5) is 8.78 Å². The Morgan fingerprint density at radius 1 is 1.53 bits per heavy atom. The van der Waals surface area contributed by atoms with Crippen LogP contribution in [0.2, 0.25) is 0 Å². The molecule has 0 spiro atoms. The largest absolute Gasteiger partial charge is 0.466 e. The van der Waals surface area contributed by atoms with Crippen LogP contribution in [-0.2, 0) is 19.0 Å². The van der Waals surface area contributed by atoms with Crippen molar-refractivity contribution in [2.75, 3.05) is 19.8 Å². The number of carbonyl (C=O) groups is 1. The Balaban J connectivity index is 2.62. The summed E-state index contributed by atoms with van der Waals surface area (Å²) in [6.07, 6.45) is -1.64. The van der Waals surface area contributed by atoms with Gasteiger partial charge >= 0.3 is 11.9 Å². The number of alkyl halides is 2. The van der Waals surface area contributed by atoms with Gasteiger partial charge in [0.1, 0.15) is 5.92 Å². The number of hydrogen-bond donors (Lipinski definition) is 0. The molecule has 4 nitrogen and oxygen atoms in total. The maximum Gasteiger partial charge on any atom is 0.314 e. The summed E-state index contributed by atoms with van der Waals surface area (Å²) in [7, 11) is 0. The van der Waals surface area contributed by atoms with E-state index in [1.165, 1.54) is 0 Å². The minimum absolute atomic E-state index is 0.0750. The number of ether oxygens (including phenoxy) is 3. The van der Waals surface area contributed by atoms with Gasteiger partial charge in [0.2, 0.25) is 6.29 Å². The second-order valence-corrected chi connectivity index (χ2v) is 3.22. The van der Waals surface area contributed by atoms with E-state index in [0.29, 0.717) is 0 Å². The van der Waals surface area contributed by atoms with Gasteiger partial charge in [0.05, 0.1) is 19.8 Å². The molecule has 88 valence electrons. The first-order chi connectivity index (χ1) is 7.00. The quantitative estimate of drug-likeness (QED) is 0.673. The summed E-state index contributed by atoms with van der Waals surface area (Å²) in [4.78, 5) is 11.1. The molecule has 0 aromatic carbocycles. The van der Waals surface area contributed by atoms with Gasteiger partial charge in [-0.15, -0.1) is 0 Å². The predicted molar refractivity (Wildman–Crippen MR) is 46.4 cm³/mol. The van der Waals surface area contributed by atoms with Crippen LogP contribution in [0, 0.1) is 5.92 Å². The van der Waals surface area contributed by atoms with E-state index in [-0.39, 0.29) is 19.8 Å². The molecule has 0 saturated carbocycles. The van der Waals surface area contributed by atoms with E-state index in [0.717, 1.165) is 6.92 Å². The lowest BCUT2D eigenvalue weighted by atomic mass is 10.0. The summed E-state index contributed by atoms with van der Waals surface area (Å²) in [6.45, 7) is 2.98. The van der Waals surface area contributed by atoms with E-state index in [2.05, 4.69) is 14.2 Å². The van der Waals surface area contributed by atoms with Crippen LogP contribution in [-0.4, -0.2) is 38.0 Å². The lowest BCUT2D eigenvalue weighted by Crippen LogP contribution is -2.44. The first kappa shape index (κ1) is 12.3. The highest BCUT2D eigenvalue weighted by Crippen LogP contribution is 2.33. The third-order valence-electron chi connectivity index (χ3n) is 2.15. The molecule has 6 heteroatoms. The molecule has 1 unspecified atom stereocenters. The molecule has 0 N–H and O–H groups in total. The van der Waals surface area contributed by atoms with Crippen LogP contribution in [0.1, 0.15) is 13.8 Å². The average molecular weight is 224 g/mol. The minimum atomic E-state index is -3.36. The van der Waals surface area contributed by atoms with Crippen LogP contribution >= 0.6 is 0 Å². The van der Waals surface area contributed by atoms with Crippen LogP contribution in [0.25, 0.3) is 0 Å². The smallest absolute Gasteiger partial charge is 0.314 e. The molecule has 1 aliphatic heterocycles. The Morgan fingerprint density at radius 2 is 2.07 bits per heavy atom. The van der Waals surface area contributed by atoms with Crippen LogP contribution in [0.5, 0.6) is 0 Å². The van der Waals surface area contributed by atoms with Gasteiger partial charge in [-0.2, -0.15) is 0 Å². The molecule has 1 aliphatic rings. The van der Waals surface area contributed by atoms with Crippen molar-refractivity contribution in [3.05, 3.63) is 0 Å². The summed E-state index contributed by atoms with van der Waals surface area (Å²) in [5.41, 5.74) is 0. The fraction of sp³-hybridized carbons (Fsp3) is 0.889. The highest BCUT2D eigenvalue weighted by molar-refractivity contribution is 5.73. The fourth-order valence-electron chi connectivity index (χ4n) is 1.21. The highest BCUT2D eigenvalue weighted by atomic mass is 19.3. The van der Waals surface area contributed by atoms with Crippen molar-refractivity contribution in [2.24, 2.45) is 5.92 Å². The number of rotatable bonds is 4. The zero-order chi connectivity index (χ0) is 11.5. The van der Waals surface area contributed by atoms with E-state index < -0.39 is 24.1 Å². The Kier molecular flexibility index (Phi) is 3.98. The molecule has 0 aromatic heterocycles. The molecule has 1 fully saturated rings. The van der Waals surface area contributed by atoms with Crippen molar-refractivity contribution in [1.82, 2.24) is 0 Å². The molecule has 0 aromatic rings. The SMILES string of the molecule is CCOC(=O)C(C)C(F)(F)C1OCCO1. The molecule has 15 heavy (non-hydrogen) atoms. The van der Waals surface area contributed by atoms with Crippen LogP contribution in [0.3, 0.4) is 0 Å². The van der Waals surface area contributed by atoms with E-state index in [1.54, 1.807) is 6.92 Å². The molecule has 0 aliphatic carbocycles. The van der Waals surface area contributed by atoms with E-state index in [9.17, 15) is 13.6 Å². The molecule has 1 saturated heterocycles. The topological polar surface area (TPSA) is 44.8 Å². The van der Waals surface area contributed by atoms with Gasteiger partial charge in [-0.05, 0) is 13.8 Å². The molecule has 1 atom stereocenters. The summed E-state index contributed by atoms with van der Waals surface area (Å²) in [5.74, 6) is -5.87. The van der Waals surface area contributed by atoms with Crippen molar-refractivity contribution >= 4 is 5.97 Å². The summed E-state index contributed by atoms with van der Waals surface area (Å²) < 4.78 is 41.0. The number of esters is 1. The maximum absolute atomic E-state index is 13.5. The third-order valence-corrected chi connectivity index (χ3v) is 2.15. The summed E-state index contributed by atoms with van der Waals surface area (Å²) >= 11 is 0. The van der Waals surface area contributed by atoms with Gasteiger partial charge in [-0.3, -0.25) is 4.79 Å². The third kappa shape index (κ3) is 2.63. The van der Waals surface area contributed by atoms with Crippen molar-refractivity contribution in [1.29, 1.82) is 0 Å². The standard InChI is InChI=1S/C9H14F2O4/c1-3-13-7(12)6(2)9(10,11)8-14-4-5-15-8/h6,8H,3-5H2,1-2H3. The first-order valence-corrected chi connectivity index (χ1v) is 4.77. The molecule has 0 amide bonds. The normalized spacial score (nSPS) is 20.3. The monoisotopic (exact) mass is 224 g/mol. The van der Waals surface area contributed by atoms with Gasteiger partial charge < -0.3 is 14.2 Å². The lowest BCUT2D eigenvalue weighted by molar-refractivity contribution is -0.232. The Labute approximate surface area is 86.5 Å². The molecular formula is C9H14F2O4. The average Bonchev–Trinajstić information content (AvgIpc) is 2.70. The Morgan fingerprint density at radius 3 is 2.53 bits per heavy atom. The van der Waals surface area contributed by atoms with Gasteiger partial charge in [-0.25, -0.2) is 8.78 Å². The zero-order valence-electron chi connectivity index (χ0n) is 8.66. The minimum Gasteiger partial charge on any atom is -0.466 e. The number of carbonyl (C=O) groups excluding carboxylic acids is 1. The van der Waals surface area contributed by atoms with Crippen LogP contribution in [0.15, 0.2) is 0 Å². The van der Waals surface area contributed by atoms with Gasteiger partial charge in [0.15, 0.2) is 0 Å². The summed E-state index contributed by atoms with van der Waals surface area (Å²) in [5, 5.41) is 0. The highest BCUT2D eigenvalue weighted by Gasteiger charge is 2.52. The molecule has 1 rings (SSSR count). The predicted octanol–water partition coefficient (Wildman–Crippen LogP) is 1.19. The van der Waals surface area contributed by atoms with Gasteiger partial charge in [0, 0.05) is 0 Å². The second-order valence-electron chi connectivity index (χ2n) is 3.22. The first-order valence-electron chi connectivity index (χ1n) is 4.77. The zero-order valence-corrected chi connectivity index (χ0v) is 8.66. The van der Waals surface area contributed by atoms with Crippen molar-refractivity contribution in [2.45, 2.75) is 26.1 Å². The fourth-order valence-corrected chi connectivity index (χ4v) is 1.21. The maximum atomic E-state index is 13.5. The Hall–Kier alpha value is -0.750. The Bertz CT molecular complexity index is 226. The van der Waals surface area contributed by atoms with Crippen molar-refractivity contribution in [3.63, 3.8) is 0 Å². The van der Waals surface area contributed by atoms with Crippen LogP contribution < -0.4 is 0 Å². The molecule has 1 heterocycles. The number of hydrogen-bond acceptors (Lipinski definition) is 4. The summed E-state index contributed by atoms with van der Waals surface area (Å²) in [6, 6.07) is 0. The van der Waals surface area contributed by atoms with Gasteiger partial charge in [-0.1, -0.05) is 0 Å². The van der Waals surface area contributed by atoms with E-state index in [1.807, 2.05) is 0 Å². The second kappa shape index (κ2) is 4.85. The van der Waals surface area contributed by atoms with Crippen molar-refractivity contribution < 1.29 is 27.8 Å². The molecule has 0 bridgehead atoms. The molecular weight excluding hydrogens is 210 g/mol. The van der Waals surface area contributed by atoms with E-state index >= 15 is 0 Å². The lowest BCUT2D eigenvalue weighted by Gasteiger charge is -2.25. The van der Waals surface area contributed by atoms with Crippen molar-refractivity contribution in [3.8, 4) is 0 Å². The van der Waals surface area contributed by atoms with E-state index in [4.69, 9.17) is 0 Å². The van der Waals surface area contributed by atoms with Gasteiger partial charge in [0.25, 0.3) is 0 Å². The number of halogens is 2.